The third-order valence-corrected chi connectivity index (χ3v) is 4.93. The molecule has 1 amide bonds. The maximum absolute atomic E-state index is 12.7. The number of para-hydroxylation sites is 1. The summed E-state index contributed by atoms with van der Waals surface area (Å²) in [6.07, 6.45) is 3.17. The van der Waals surface area contributed by atoms with Crippen molar-refractivity contribution < 1.29 is 19.0 Å². The first-order valence-corrected chi connectivity index (χ1v) is 10.6. The number of nitrogens with one attached hydrogen (secondary N) is 1. The minimum Gasteiger partial charge on any atom is -0.493 e. The van der Waals surface area contributed by atoms with E-state index in [2.05, 4.69) is 33.0 Å². The van der Waals surface area contributed by atoms with Crippen molar-refractivity contribution in [1.82, 2.24) is 5.43 Å². The molecule has 0 aliphatic heterocycles. The van der Waals surface area contributed by atoms with Gasteiger partial charge in [-0.3, -0.25) is 4.79 Å². The highest BCUT2D eigenvalue weighted by Crippen LogP contribution is 2.36. The molecule has 1 N–H and O–H groups in total. The van der Waals surface area contributed by atoms with E-state index in [9.17, 15) is 4.79 Å². The predicted octanol–water partition coefficient (Wildman–Crippen LogP) is 5.37. The van der Waals surface area contributed by atoms with Crippen LogP contribution in [0.1, 0.15) is 21.5 Å². The summed E-state index contributed by atoms with van der Waals surface area (Å²) in [5, 5.41) is 4.07. The van der Waals surface area contributed by atoms with Crippen LogP contribution < -0.4 is 19.6 Å². The van der Waals surface area contributed by atoms with E-state index < -0.39 is 0 Å². The lowest BCUT2D eigenvalue weighted by Crippen LogP contribution is -2.18. The number of amides is 1. The summed E-state index contributed by atoms with van der Waals surface area (Å²) in [5.74, 6) is 1.21. The number of carbonyl (C=O) groups excluding carboxylic acids is 1. The summed E-state index contributed by atoms with van der Waals surface area (Å²) in [6.45, 7) is 4.36. The largest absolute Gasteiger partial charge is 0.493 e. The first-order valence-electron chi connectivity index (χ1n) is 9.82. The number of methoxy groups -OCH3 is 1. The van der Waals surface area contributed by atoms with Crippen molar-refractivity contribution in [3.05, 3.63) is 101 Å². The van der Waals surface area contributed by atoms with Gasteiger partial charge in [0.25, 0.3) is 5.91 Å². The molecule has 0 radical (unpaired) electrons. The number of carbonyl (C=O) groups is 1. The molecule has 0 heterocycles. The number of hydrazone groups is 1. The van der Waals surface area contributed by atoms with Gasteiger partial charge in [0.2, 0.25) is 0 Å². The number of hydrogen-bond acceptors (Lipinski definition) is 5. The Morgan fingerprint density at radius 2 is 1.81 bits per heavy atom. The van der Waals surface area contributed by atoms with Gasteiger partial charge in [-0.1, -0.05) is 55.1 Å². The maximum atomic E-state index is 12.7. The summed E-state index contributed by atoms with van der Waals surface area (Å²) >= 11 is 3.47. The summed E-state index contributed by atoms with van der Waals surface area (Å²) < 4.78 is 17.5. The molecule has 0 spiro atoms. The highest BCUT2D eigenvalue weighted by atomic mass is 79.9. The first-order chi connectivity index (χ1) is 15.6. The second-order valence-corrected chi connectivity index (χ2v) is 7.46. The Hall–Kier alpha value is -3.58. The second kappa shape index (κ2) is 11.7. The van der Waals surface area contributed by atoms with Crippen LogP contribution in [0, 0.1) is 0 Å². The van der Waals surface area contributed by atoms with Crippen LogP contribution in [0.3, 0.4) is 0 Å². The third kappa shape index (κ3) is 6.21. The van der Waals surface area contributed by atoms with Crippen LogP contribution in [0.4, 0.5) is 0 Å². The Kier molecular flexibility index (Phi) is 8.45. The molecule has 32 heavy (non-hydrogen) atoms. The number of hydrogen-bond donors (Lipinski definition) is 1. The Labute approximate surface area is 195 Å². The highest BCUT2D eigenvalue weighted by molar-refractivity contribution is 9.10. The number of benzene rings is 3. The number of nitrogens with zero attached hydrogens (tertiary/aromatic N) is 1. The molecule has 0 aromatic heterocycles. The van der Waals surface area contributed by atoms with Crippen molar-refractivity contribution in [2.75, 3.05) is 13.7 Å². The van der Waals surface area contributed by atoms with Crippen LogP contribution in [0.25, 0.3) is 0 Å². The van der Waals surface area contributed by atoms with Crippen molar-refractivity contribution in [3.8, 4) is 17.2 Å². The molecule has 3 rings (SSSR count). The first kappa shape index (κ1) is 23.1. The van der Waals surface area contributed by atoms with Gasteiger partial charge in [0.05, 0.1) is 23.4 Å². The van der Waals surface area contributed by atoms with Crippen LogP contribution in [0.2, 0.25) is 0 Å². The summed E-state index contributed by atoms with van der Waals surface area (Å²) in [6, 6.07) is 20.4. The fourth-order valence-electron chi connectivity index (χ4n) is 2.84. The number of ether oxygens (including phenoxy) is 3. The SMILES string of the molecule is C=CCOc1c(Br)cc(/C=N/NC(=O)c2ccccc2OCc2ccccc2)cc1OC. The average Bonchev–Trinajstić information content (AvgIpc) is 2.82. The predicted molar refractivity (Wildman–Crippen MR) is 129 cm³/mol. The Morgan fingerprint density at radius 3 is 2.56 bits per heavy atom. The zero-order chi connectivity index (χ0) is 22.8. The summed E-state index contributed by atoms with van der Waals surface area (Å²) in [5.41, 5.74) is 4.67. The maximum Gasteiger partial charge on any atom is 0.275 e. The third-order valence-electron chi connectivity index (χ3n) is 4.35. The van der Waals surface area contributed by atoms with Crippen molar-refractivity contribution in [1.29, 1.82) is 0 Å². The van der Waals surface area contributed by atoms with Crippen LogP contribution in [0.5, 0.6) is 17.2 Å². The second-order valence-electron chi connectivity index (χ2n) is 6.60. The molecule has 0 aliphatic rings. The number of halogens is 1. The molecule has 0 saturated heterocycles. The Bertz CT molecular complexity index is 1100. The van der Waals surface area contributed by atoms with E-state index in [-0.39, 0.29) is 5.91 Å². The van der Waals surface area contributed by atoms with Gasteiger partial charge in [0.1, 0.15) is 19.0 Å². The van der Waals surface area contributed by atoms with E-state index in [0.717, 1.165) is 5.56 Å². The van der Waals surface area contributed by atoms with Crippen LogP contribution in [-0.4, -0.2) is 25.8 Å². The van der Waals surface area contributed by atoms with Crippen molar-refractivity contribution in [2.45, 2.75) is 6.61 Å². The molecular weight excluding hydrogens is 472 g/mol. The van der Waals surface area contributed by atoms with Gasteiger partial charge in [0.15, 0.2) is 11.5 Å². The highest BCUT2D eigenvalue weighted by Gasteiger charge is 2.13. The van der Waals surface area contributed by atoms with Gasteiger partial charge in [-0.05, 0) is 51.3 Å². The van der Waals surface area contributed by atoms with Crippen LogP contribution in [-0.2, 0) is 6.61 Å². The van der Waals surface area contributed by atoms with E-state index in [1.54, 1.807) is 37.5 Å². The van der Waals surface area contributed by atoms with Gasteiger partial charge in [-0.2, -0.15) is 5.10 Å². The molecule has 0 atom stereocenters. The van der Waals surface area contributed by atoms with Crippen molar-refractivity contribution in [3.63, 3.8) is 0 Å². The zero-order valence-corrected chi connectivity index (χ0v) is 19.2. The van der Waals surface area contributed by atoms with Gasteiger partial charge < -0.3 is 14.2 Å². The quantitative estimate of drug-likeness (QED) is 0.234. The van der Waals surface area contributed by atoms with Crippen molar-refractivity contribution >= 4 is 28.1 Å². The minimum atomic E-state index is -0.373. The molecule has 164 valence electrons. The molecule has 0 saturated carbocycles. The van der Waals surface area contributed by atoms with E-state index >= 15 is 0 Å². The molecule has 0 unspecified atom stereocenters. The lowest BCUT2D eigenvalue weighted by Gasteiger charge is -2.12. The lowest BCUT2D eigenvalue weighted by atomic mass is 10.2. The Balaban J connectivity index is 1.68. The smallest absolute Gasteiger partial charge is 0.275 e. The lowest BCUT2D eigenvalue weighted by molar-refractivity contribution is 0.0950. The normalized spacial score (nSPS) is 10.6. The van der Waals surface area contributed by atoms with Gasteiger partial charge in [0, 0.05) is 0 Å². The van der Waals surface area contributed by atoms with Crippen LogP contribution in [0.15, 0.2) is 89.0 Å². The Morgan fingerprint density at radius 1 is 1.06 bits per heavy atom. The zero-order valence-electron chi connectivity index (χ0n) is 17.6. The minimum absolute atomic E-state index is 0.351. The standard InChI is InChI=1S/C25H23BrN2O4/c1-3-13-31-24-21(26)14-19(15-23(24)30-2)16-27-28-25(29)20-11-7-8-12-22(20)32-17-18-9-5-4-6-10-18/h3-12,14-16H,1,13,17H2,2H3,(H,28,29)/b27-16+. The molecule has 0 bridgehead atoms. The fraction of sp³-hybridized carbons (Fsp3) is 0.120. The molecular formula is C25H23BrN2O4. The average molecular weight is 495 g/mol. The van der Waals surface area contributed by atoms with E-state index in [1.165, 1.54) is 6.21 Å². The van der Waals surface area contributed by atoms with Crippen LogP contribution >= 0.6 is 15.9 Å². The van der Waals surface area contributed by atoms with Gasteiger partial charge >= 0.3 is 0 Å². The molecule has 6 nitrogen and oxygen atoms in total. The molecule has 0 aliphatic carbocycles. The van der Waals surface area contributed by atoms with Crippen molar-refractivity contribution in [2.24, 2.45) is 5.10 Å². The molecule has 7 heteroatoms. The molecule has 3 aromatic rings. The van der Waals surface area contributed by atoms with Gasteiger partial charge in [-0.15, -0.1) is 0 Å². The number of rotatable bonds is 10. The molecule has 0 fully saturated rings. The van der Waals surface area contributed by atoms with E-state index in [4.69, 9.17) is 14.2 Å². The fourth-order valence-corrected chi connectivity index (χ4v) is 3.41. The topological polar surface area (TPSA) is 69.2 Å². The summed E-state index contributed by atoms with van der Waals surface area (Å²) in [7, 11) is 1.55. The molecule has 3 aromatic carbocycles. The summed E-state index contributed by atoms with van der Waals surface area (Å²) in [4.78, 5) is 12.7. The van der Waals surface area contributed by atoms with Gasteiger partial charge in [-0.25, -0.2) is 5.43 Å². The van der Waals surface area contributed by atoms with E-state index in [0.29, 0.717) is 46.1 Å². The monoisotopic (exact) mass is 494 g/mol. The van der Waals surface area contributed by atoms with E-state index in [1.807, 2.05) is 42.5 Å².